The first-order valence-electron chi connectivity index (χ1n) is 9.58. The van der Waals surface area contributed by atoms with Crippen LogP contribution < -0.4 is 16.2 Å². The highest BCUT2D eigenvalue weighted by molar-refractivity contribution is 5.83. The quantitative estimate of drug-likeness (QED) is 0.294. The number of carbonyl (C=O) groups excluding carboxylic acids is 1. The predicted molar refractivity (Wildman–Crippen MR) is 114 cm³/mol. The number of hydrogen-bond donors (Lipinski definition) is 3. The first kappa shape index (κ1) is 21.0. The number of aryl methyl sites for hydroxylation is 3. The van der Waals surface area contributed by atoms with Crippen molar-refractivity contribution in [3.63, 3.8) is 0 Å². The molecule has 0 unspecified atom stereocenters. The second kappa shape index (κ2) is 8.76. The van der Waals surface area contributed by atoms with Crippen molar-refractivity contribution in [2.24, 2.45) is 7.05 Å². The fraction of sp³-hybridized carbons (Fsp3) is 0.350. The van der Waals surface area contributed by atoms with E-state index in [4.69, 9.17) is 0 Å². The lowest BCUT2D eigenvalue weighted by Crippen LogP contribution is -2.29. The topological polar surface area (TPSA) is 135 Å². The van der Waals surface area contributed by atoms with Crippen molar-refractivity contribution in [1.29, 1.82) is 0 Å². The number of H-pyrrole nitrogens is 1. The van der Waals surface area contributed by atoms with E-state index in [1.165, 1.54) is 6.07 Å². The molecule has 0 spiro atoms. The van der Waals surface area contributed by atoms with Crippen LogP contribution in [0.1, 0.15) is 23.2 Å². The average Bonchev–Trinajstić information content (AvgIpc) is 2.98. The number of nitro benzene ring substituents is 1. The minimum absolute atomic E-state index is 0.0142. The Balaban J connectivity index is 1.55. The normalized spacial score (nSPS) is 10.9. The van der Waals surface area contributed by atoms with Gasteiger partial charge in [-0.3, -0.25) is 24.4 Å². The van der Waals surface area contributed by atoms with E-state index in [2.05, 4.69) is 20.7 Å². The SMILES string of the molecule is Cc1nn(C)c2[nH]c(=O)c(CCC(=O)NCCNc3ccccc3[N+](=O)[O-])c(C)c12. The maximum atomic E-state index is 12.4. The molecule has 158 valence electrons. The van der Waals surface area contributed by atoms with Crippen LogP contribution >= 0.6 is 0 Å². The van der Waals surface area contributed by atoms with Gasteiger partial charge in [0.2, 0.25) is 5.91 Å². The largest absolute Gasteiger partial charge is 0.378 e. The van der Waals surface area contributed by atoms with E-state index in [0.717, 1.165) is 16.6 Å². The summed E-state index contributed by atoms with van der Waals surface area (Å²) in [6.07, 6.45) is 0.481. The zero-order valence-corrected chi connectivity index (χ0v) is 17.1. The Kier molecular flexibility index (Phi) is 6.14. The van der Waals surface area contributed by atoms with Gasteiger partial charge in [0.1, 0.15) is 11.3 Å². The number of benzene rings is 1. The molecule has 3 aromatic rings. The summed E-state index contributed by atoms with van der Waals surface area (Å²) in [6, 6.07) is 6.33. The van der Waals surface area contributed by atoms with Crippen LogP contribution in [0.15, 0.2) is 29.1 Å². The number of para-hydroxylation sites is 2. The van der Waals surface area contributed by atoms with Gasteiger partial charge >= 0.3 is 0 Å². The summed E-state index contributed by atoms with van der Waals surface area (Å²) in [5, 5.41) is 22.0. The highest BCUT2D eigenvalue weighted by atomic mass is 16.6. The van der Waals surface area contributed by atoms with Crippen molar-refractivity contribution in [3.05, 3.63) is 61.6 Å². The van der Waals surface area contributed by atoms with Gasteiger partial charge in [-0.2, -0.15) is 5.10 Å². The van der Waals surface area contributed by atoms with Gasteiger partial charge < -0.3 is 15.6 Å². The lowest BCUT2D eigenvalue weighted by atomic mass is 10.0. The van der Waals surface area contributed by atoms with Gasteiger partial charge in [-0.15, -0.1) is 0 Å². The molecular formula is C20H24N6O4. The number of nitrogens with zero attached hydrogens (tertiary/aromatic N) is 3. The van der Waals surface area contributed by atoms with Crippen molar-refractivity contribution in [2.45, 2.75) is 26.7 Å². The van der Waals surface area contributed by atoms with E-state index in [9.17, 15) is 19.7 Å². The minimum Gasteiger partial charge on any atom is -0.378 e. The first-order valence-corrected chi connectivity index (χ1v) is 9.58. The smallest absolute Gasteiger partial charge is 0.292 e. The van der Waals surface area contributed by atoms with Crippen LogP contribution in [0.25, 0.3) is 11.0 Å². The zero-order chi connectivity index (χ0) is 21.8. The third-order valence-corrected chi connectivity index (χ3v) is 5.02. The van der Waals surface area contributed by atoms with Crippen LogP contribution in [0, 0.1) is 24.0 Å². The van der Waals surface area contributed by atoms with Gasteiger partial charge in [-0.05, 0) is 31.9 Å². The molecule has 0 radical (unpaired) electrons. The monoisotopic (exact) mass is 412 g/mol. The molecule has 0 aliphatic carbocycles. The number of anilines is 1. The number of carbonyl (C=O) groups is 1. The fourth-order valence-electron chi connectivity index (χ4n) is 3.56. The van der Waals surface area contributed by atoms with Crippen molar-refractivity contribution in [1.82, 2.24) is 20.1 Å². The molecule has 0 saturated heterocycles. The van der Waals surface area contributed by atoms with Crippen LogP contribution in [-0.4, -0.2) is 38.7 Å². The van der Waals surface area contributed by atoms with Gasteiger partial charge in [-0.1, -0.05) is 12.1 Å². The molecule has 0 fully saturated rings. The molecule has 0 atom stereocenters. The van der Waals surface area contributed by atoms with Gasteiger partial charge in [0.05, 0.1) is 10.6 Å². The third-order valence-electron chi connectivity index (χ3n) is 5.02. The molecule has 0 aliphatic heterocycles. The first-order chi connectivity index (χ1) is 14.3. The molecule has 0 aliphatic rings. The molecule has 3 rings (SSSR count). The van der Waals surface area contributed by atoms with Gasteiger partial charge in [0, 0.05) is 43.6 Å². The van der Waals surface area contributed by atoms with E-state index in [1.54, 1.807) is 29.9 Å². The minimum atomic E-state index is -0.457. The molecule has 1 amide bonds. The molecule has 30 heavy (non-hydrogen) atoms. The third kappa shape index (κ3) is 4.32. The molecule has 1 aromatic carbocycles. The van der Waals surface area contributed by atoms with E-state index >= 15 is 0 Å². The van der Waals surface area contributed by atoms with Gasteiger partial charge in [-0.25, -0.2) is 0 Å². The summed E-state index contributed by atoms with van der Waals surface area (Å²) in [6.45, 7) is 4.41. The second-order valence-electron chi connectivity index (χ2n) is 7.04. The number of rotatable bonds is 8. The zero-order valence-electron chi connectivity index (χ0n) is 17.1. The highest BCUT2D eigenvalue weighted by Crippen LogP contribution is 2.23. The standard InChI is InChI=1S/C20H24N6O4/c1-12-14(20(28)23-19-18(12)13(2)24-25(19)3)8-9-17(27)22-11-10-21-15-6-4-5-7-16(15)26(29)30/h4-7,21H,8-11H2,1-3H3,(H,22,27)(H,23,28). The van der Waals surface area contributed by atoms with Crippen molar-refractivity contribution in [3.8, 4) is 0 Å². The number of fused-ring (bicyclic) bond motifs is 1. The summed E-state index contributed by atoms with van der Waals surface area (Å²) in [4.78, 5) is 38.0. The summed E-state index contributed by atoms with van der Waals surface area (Å²) in [5.74, 6) is -0.193. The maximum absolute atomic E-state index is 12.4. The summed E-state index contributed by atoms with van der Waals surface area (Å²) in [7, 11) is 1.77. The van der Waals surface area contributed by atoms with Crippen molar-refractivity contribution < 1.29 is 9.72 Å². The molecule has 0 bridgehead atoms. The molecule has 0 saturated carbocycles. The van der Waals surface area contributed by atoms with Crippen molar-refractivity contribution >= 4 is 28.3 Å². The molecular weight excluding hydrogens is 388 g/mol. The molecule has 2 heterocycles. The van der Waals surface area contributed by atoms with Crippen LogP contribution in [-0.2, 0) is 18.3 Å². The van der Waals surface area contributed by atoms with E-state index in [-0.39, 0.29) is 23.6 Å². The average molecular weight is 412 g/mol. The Hall–Kier alpha value is -3.69. The lowest BCUT2D eigenvalue weighted by molar-refractivity contribution is -0.384. The van der Waals surface area contributed by atoms with Gasteiger partial charge in [0.15, 0.2) is 0 Å². The summed E-state index contributed by atoms with van der Waals surface area (Å²) in [5.41, 5.74) is 3.09. The van der Waals surface area contributed by atoms with Crippen LogP contribution in [0.5, 0.6) is 0 Å². The highest BCUT2D eigenvalue weighted by Gasteiger charge is 2.16. The van der Waals surface area contributed by atoms with Crippen molar-refractivity contribution in [2.75, 3.05) is 18.4 Å². The number of nitro groups is 1. The molecule has 10 nitrogen and oxygen atoms in total. The Morgan fingerprint density at radius 3 is 2.73 bits per heavy atom. The van der Waals surface area contributed by atoms with Crippen LogP contribution in [0.3, 0.4) is 0 Å². The number of pyridine rings is 1. The summed E-state index contributed by atoms with van der Waals surface area (Å²) < 4.78 is 1.64. The molecule has 2 aromatic heterocycles. The Morgan fingerprint density at radius 2 is 2.00 bits per heavy atom. The van der Waals surface area contributed by atoms with E-state index in [0.29, 0.717) is 36.4 Å². The van der Waals surface area contributed by atoms with Crippen LogP contribution in [0.4, 0.5) is 11.4 Å². The van der Waals surface area contributed by atoms with Gasteiger partial charge in [0.25, 0.3) is 11.2 Å². The maximum Gasteiger partial charge on any atom is 0.292 e. The Labute approximate surface area is 172 Å². The number of hydrogen-bond acceptors (Lipinski definition) is 6. The van der Waals surface area contributed by atoms with Crippen LogP contribution in [0.2, 0.25) is 0 Å². The molecule has 10 heteroatoms. The Bertz CT molecular complexity index is 1160. The fourth-order valence-corrected chi connectivity index (χ4v) is 3.56. The molecule has 3 N–H and O–H groups in total. The second-order valence-corrected chi connectivity index (χ2v) is 7.04. The number of amides is 1. The number of nitrogens with one attached hydrogen (secondary N) is 3. The van der Waals surface area contributed by atoms with E-state index in [1.807, 2.05) is 13.8 Å². The lowest BCUT2D eigenvalue weighted by Gasteiger charge is -2.09. The van der Waals surface area contributed by atoms with E-state index < -0.39 is 4.92 Å². The Morgan fingerprint density at radius 1 is 1.27 bits per heavy atom. The predicted octanol–water partition coefficient (Wildman–Crippen LogP) is 1.95. The number of aromatic nitrogens is 3. The number of aromatic amines is 1. The summed E-state index contributed by atoms with van der Waals surface area (Å²) >= 11 is 0.